The Balaban J connectivity index is 1.67. The highest BCUT2D eigenvalue weighted by molar-refractivity contribution is 7.15. The minimum atomic E-state index is -0.336. The summed E-state index contributed by atoms with van der Waals surface area (Å²) >= 11 is 1.24. The molecule has 2 aromatic heterocycles. The molecule has 0 radical (unpaired) electrons. The van der Waals surface area contributed by atoms with Gasteiger partial charge in [-0.3, -0.25) is 4.79 Å². The highest BCUT2D eigenvalue weighted by Gasteiger charge is 2.12. The lowest BCUT2D eigenvalue weighted by Gasteiger charge is -2.12. The predicted molar refractivity (Wildman–Crippen MR) is 115 cm³/mol. The standard InChI is InChI=1S/C22H20FN3O3S/c1-13(2)12-29-17-9-4-14(10-18(17)28-3)11-19-21(27)26-22(30-19)24-20(25-26)15-5-7-16(23)8-6-15/h4-11,13H,12H2,1-3H3. The minimum absolute atomic E-state index is 0.255. The van der Waals surface area contributed by atoms with Gasteiger partial charge in [-0.05, 0) is 54.0 Å². The van der Waals surface area contributed by atoms with E-state index in [-0.39, 0.29) is 11.4 Å². The number of rotatable bonds is 6. The first kappa shape index (κ1) is 20.0. The van der Waals surface area contributed by atoms with Gasteiger partial charge < -0.3 is 9.47 Å². The van der Waals surface area contributed by atoms with Gasteiger partial charge in [0.2, 0.25) is 4.96 Å². The number of thiazole rings is 1. The highest BCUT2D eigenvalue weighted by Crippen LogP contribution is 2.28. The number of methoxy groups -OCH3 is 1. The van der Waals surface area contributed by atoms with E-state index in [9.17, 15) is 9.18 Å². The van der Waals surface area contributed by atoms with Gasteiger partial charge >= 0.3 is 0 Å². The number of ether oxygens (including phenoxy) is 2. The third kappa shape index (κ3) is 4.04. The quantitative estimate of drug-likeness (QED) is 0.473. The number of aromatic nitrogens is 3. The lowest BCUT2D eigenvalue weighted by Crippen LogP contribution is -2.23. The maximum atomic E-state index is 13.1. The Bertz CT molecular complexity index is 1300. The van der Waals surface area contributed by atoms with Gasteiger partial charge in [-0.1, -0.05) is 31.3 Å². The van der Waals surface area contributed by atoms with Crippen LogP contribution in [-0.4, -0.2) is 28.3 Å². The normalized spacial score (nSPS) is 12.1. The summed E-state index contributed by atoms with van der Waals surface area (Å²) in [6, 6.07) is 11.4. The first-order chi connectivity index (χ1) is 14.4. The maximum absolute atomic E-state index is 13.1. The largest absolute Gasteiger partial charge is 0.493 e. The molecule has 0 atom stereocenters. The smallest absolute Gasteiger partial charge is 0.291 e. The van der Waals surface area contributed by atoms with Gasteiger partial charge in [-0.2, -0.15) is 9.50 Å². The van der Waals surface area contributed by atoms with E-state index in [4.69, 9.17) is 9.47 Å². The summed E-state index contributed by atoms with van der Waals surface area (Å²) in [5.74, 6) is 1.72. The molecular formula is C22H20FN3O3S. The van der Waals surface area contributed by atoms with Crippen LogP contribution in [0.15, 0.2) is 47.3 Å². The SMILES string of the molecule is COc1cc(C=c2sc3nc(-c4ccc(F)cc4)nn3c2=O)ccc1OCC(C)C. The van der Waals surface area contributed by atoms with Crippen molar-refractivity contribution in [1.29, 1.82) is 0 Å². The molecule has 30 heavy (non-hydrogen) atoms. The van der Waals surface area contributed by atoms with Crippen LogP contribution in [-0.2, 0) is 0 Å². The fourth-order valence-electron chi connectivity index (χ4n) is 2.86. The maximum Gasteiger partial charge on any atom is 0.291 e. The van der Waals surface area contributed by atoms with Crippen LogP contribution in [0.25, 0.3) is 22.4 Å². The second-order valence-corrected chi connectivity index (χ2v) is 8.18. The lowest BCUT2D eigenvalue weighted by atomic mass is 10.2. The first-order valence-corrected chi connectivity index (χ1v) is 10.2. The van der Waals surface area contributed by atoms with Crippen molar-refractivity contribution in [3.8, 4) is 22.9 Å². The van der Waals surface area contributed by atoms with Crippen LogP contribution in [0.2, 0.25) is 0 Å². The van der Waals surface area contributed by atoms with Crippen molar-refractivity contribution in [3.63, 3.8) is 0 Å². The Morgan fingerprint density at radius 2 is 1.93 bits per heavy atom. The summed E-state index contributed by atoms with van der Waals surface area (Å²) in [6.45, 7) is 4.74. The van der Waals surface area contributed by atoms with Gasteiger partial charge in [0.25, 0.3) is 5.56 Å². The van der Waals surface area contributed by atoms with Crippen molar-refractivity contribution in [2.75, 3.05) is 13.7 Å². The second kappa shape index (κ2) is 8.23. The third-order valence-electron chi connectivity index (χ3n) is 4.34. The molecule has 4 rings (SSSR count). The fraction of sp³-hybridized carbons (Fsp3) is 0.227. The van der Waals surface area contributed by atoms with Crippen molar-refractivity contribution >= 4 is 22.4 Å². The van der Waals surface area contributed by atoms with E-state index in [0.717, 1.165) is 5.56 Å². The average Bonchev–Trinajstić information content (AvgIpc) is 3.27. The fourth-order valence-corrected chi connectivity index (χ4v) is 3.76. The zero-order valence-corrected chi connectivity index (χ0v) is 17.6. The molecule has 4 aromatic rings. The van der Waals surface area contributed by atoms with E-state index in [2.05, 4.69) is 23.9 Å². The van der Waals surface area contributed by atoms with Crippen molar-refractivity contribution in [2.45, 2.75) is 13.8 Å². The molecule has 0 unspecified atom stereocenters. The van der Waals surface area contributed by atoms with Gasteiger partial charge in [0.1, 0.15) is 5.82 Å². The summed E-state index contributed by atoms with van der Waals surface area (Å²) < 4.78 is 26.1. The molecule has 0 fully saturated rings. The van der Waals surface area contributed by atoms with Crippen LogP contribution < -0.4 is 19.6 Å². The molecule has 0 aliphatic carbocycles. The number of hydrogen-bond donors (Lipinski definition) is 0. The van der Waals surface area contributed by atoms with Crippen LogP contribution in [0.4, 0.5) is 4.39 Å². The topological polar surface area (TPSA) is 65.7 Å². The molecular weight excluding hydrogens is 405 g/mol. The zero-order valence-electron chi connectivity index (χ0n) is 16.8. The summed E-state index contributed by atoms with van der Waals surface area (Å²) in [7, 11) is 1.58. The monoisotopic (exact) mass is 425 g/mol. The Kier molecular flexibility index (Phi) is 5.50. The van der Waals surface area contributed by atoms with Gasteiger partial charge in [0, 0.05) is 5.56 Å². The Labute approximate surface area is 176 Å². The summed E-state index contributed by atoms with van der Waals surface area (Å²) in [6.07, 6.45) is 1.77. The van der Waals surface area contributed by atoms with E-state index >= 15 is 0 Å². The van der Waals surface area contributed by atoms with Crippen LogP contribution in [0.1, 0.15) is 19.4 Å². The van der Waals surface area contributed by atoms with Crippen LogP contribution in [0.3, 0.4) is 0 Å². The molecule has 0 aliphatic heterocycles. The number of nitrogens with zero attached hydrogens (tertiary/aromatic N) is 3. The minimum Gasteiger partial charge on any atom is -0.493 e. The molecule has 0 spiro atoms. The van der Waals surface area contributed by atoms with Gasteiger partial charge in [-0.15, -0.1) is 5.10 Å². The molecule has 2 heterocycles. The van der Waals surface area contributed by atoms with Crippen LogP contribution >= 0.6 is 11.3 Å². The van der Waals surface area contributed by atoms with E-state index in [0.29, 0.717) is 44.9 Å². The molecule has 154 valence electrons. The molecule has 8 heteroatoms. The number of hydrogen-bond acceptors (Lipinski definition) is 6. The predicted octanol–water partition coefficient (Wildman–Crippen LogP) is 3.55. The van der Waals surface area contributed by atoms with E-state index in [1.165, 1.54) is 28.0 Å². The molecule has 0 N–H and O–H groups in total. The van der Waals surface area contributed by atoms with E-state index in [1.807, 2.05) is 18.2 Å². The number of halogens is 1. The van der Waals surface area contributed by atoms with E-state index < -0.39 is 0 Å². The summed E-state index contributed by atoms with van der Waals surface area (Å²) in [5, 5.41) is 4.28. The molecule has 0 amide bonds. The Morgan fingerprint density at radius 3 is 2.60 bits per heavy atom. The third-order valence-corrected chi connectivity index (χ3v) is 5.30. The van der Waals surface area contributed by atoms with Crippen LogP contribution in [0, 0.1) is 11.7 Å². The summed E-state index contributed by atoms with van der Waals surface area (Å²) in [4.78, 5) is 17.6. The molecule has 0 saturated heterocycles. The molecule has 0 bridgehead atoms. The van der Waals surface area contributed by atoms with Crippen molar-refractivity contribution in [2.24, 2.45) is 5.92 Å². The summed E-state index contributed by atoms with van der Waals surface area (Å²) in [5.41, 5.74) is 1.21. The Hall–Kier alpha value is -3.26. The Morgan fingerprint density at radius 1 is 1.17 bits per heavy atom. The van der Waals surface area contributed by atoms with Gasteiger partial charge in [-0.25, -0.2) is 4.39 Å². The molecule has 6 nitrogen and oxygen atoms in total. The molecule has 0 saturated carbocycles. The van der Waals surface area contributed by atoms with Crippen molar-refractivity contribution in [1.82, 2.24) is 14.6 Å². The van der Waals surface area contributed by atoms with Crippen molar-refractivity contribution < 1.29 is 13.9 Å². The highest BCUT2D eigenvalue weighted by atomic mass is 32.1. The molecule has 2 aromatic carbocycles. The second-order valence-electron chi connectivity index (χ2n) is 7.17. The van der Waals surface area contributed by atoms with E-state index in [1.54, 1.807) is 25.3 Å². The van der Waals surface area contributed by atoms with Crippen LogP contribution in [0.5, 0.6) is 11.5 Å². The average molecular weight is 425 g/mol. The van der Waals surface area contributed by atoms with Gasteiger partial charge in [0.05, 0.1) is 18.2 Å². The number of benzene rings is 2. The first-order valence-electron chi connectivity index (χ1n) is 9.42. The van der Waals surface area contributed by atoms with Crippen molar-refractivity contribution in [3.05, 3.63) is 68.7 Å². The zero-order chi connectivity index (χ0) is 21.3. The molecule has 0 aliphatic rings. The lowest BCUT2D eigenvalue weighted by molar-refractivity contribution is 0.257. The van der Waals surface area contributed by atoms with Gasteiger partial charge in [0.15, 0.2) is 17.3 Å². The number of fused-ring (bicyclic) bond motifs is 1.